The fourth-order valence-electron chi connectivity index (χ4n) is 4.23. The Morgan fingerprint density at radius 2 is 1.84 bits per heavy atom. The van der Waals surface area contributed by atoms with E-state index >= 15 is 0 Å². The van der Waals surface area contributed by atoms with Gasteiger partial charge < -0.3 is 24.6 Å². The van der Waals surface area contributed by atoms with Crippen LogP contribution in [-0.2, 0) is 20.8 Å². The van der Waals surface area contributed by atoms with E-state index in [1.807, 2.05) is 81.4 Å². The van der Waals surface area contributed by atoms with Crippen molar-refractivity contribution < 1.29 is 19.1 Å². The lowest BCUT2D eigenvalue weighted by atomic mass is 10.1. The number of hydrogen-bond donors (Lipinski definition) is 1. The molecule has 164 valence electrons. The third-order valence-electron chi connectivity index (χ3n) is 5.69. The monoisotopic (exact) mass is 423 g/mol. The van der Waals surface area contributed by atoms with Gasteiger partial charge in [0.1, 0.15) is 18.2 Å². The van der Waals surface area contributed by atoms with Crippen molar-refractivity contribution in [1.29, 1.82) is 0 Å². The second kappa shape index (κ2) is 8.32. The van der Waals surface area contributed by atoms with Gasteiger partial charge in [-0.1, -0.05) is 36.4 Å². The number of anilines is 1. The average Bonchev–Trinajstić information content (AvgIpc) is 3.23. The molecule has 2 saturated heterocycles. The van der Waals surface area contributed by atoms with Crippen LogP contribution in [0.3, 0.4) is 0 Å². The Morgan fingerprint density at radius 3 is 2.55 bits per heavy atom. The highest BCUT2D eigenvalue weighted by Gasteiger charge is 2.56. The van der Waals surface area contributed by atoms with E-state index in [4.69, 9.17) is 9.47 Å². The highest BCUT2D eigenvalue weighted by molar-refractivity contribution is 5.99. The van der Waals surface area contributed by atoms with E-state index in [1.54, 1.807) is 11.0 Å². The molecule has 0 aliphatic carbocycles. The van der Waals surface area contributed by atoms with Crippen LogP contribution in [0.2, 0.25) is 0 Å². The van der Waals surface area contributed by atoms with Crippen LogP contribution in [0.25, 0.3) is 0 Å². The first kappa shape index (κ1) is 21.3. The van der Waals surface area contributed by atoms with Crippen molar-refractivity contribution in [3.8, 4) is 0 Å². The maximum atomic E-state index is 13.4. The molecule has 0 aromatic heterocycles. The molecule has 7 heteroatoms. The van der Waals surface area contributed by atoms with Gasteiger partial charge >= 0.3 is 0 Å². The Kier molecular flexibility index (Phi) is 5.73. The topological polar surface area (TPSA) is 71.1 Å². The normalized spacial score (nSPS) is 24.0. The molecule has 2 heterocycles. The number of amides is 2. The van der Waals surface area contributed by atoms with Crippen LogP contribution < -0.4 is 10.2 Å². The molecule has 0 spiro atoms. The van der Waals surface area contributed by atoms with E-state index < -0.39 is 17.9 Å². The van der Waals surface area contributed by atoms with E-state index in [0.717, 1.165) is 11.3 Å². The van der Waals surface area contributed by atoms with Gasteiger partial charge in [0.15, 0.2) is 5.79 Å². The van der Waals surface area contributed by atoms with E-state index in [0.29, 0.717) is 18.7 Å². The number of rotatable bonds is 5. The second-order valence-corrected chi connectivity index (χ2v) is 8.69. The van der Waals surface area contributed by atoms with Gasteiger partial charge in [-0.25, -0.2) is 0 Å². The number of nitrogens with one attached hydrogen (secondary N) is 1. The molecule has 4 rings (SSSR count). The third kappa shape index (κ3) is 4.43. The van der Waals surface area contributed by atoms with Crippen LogP contribution in [0.15, 0.2) is 54.6 Å². The van der Waals surface area contributed by atoms with Crippen molar-refractivity contribution in [2.75, 3.05) is 25.5 Å². The third-order valence-corrected chi connectivity index (χ3v) is 5.69. The highest BCUT2D eigenvalue weighted by Crippen LogP contribution is 2.37. The van der Waals surface area contributed by atoms with Gasteiger partial charge in [0.25, 0.3) is 5.91 Å². The summed E-state index contributed by atoms with van der Waals surface area (Å²) in [7, 11) is 3.85. The van der Waals surface area contributed by atoms with Gasteiger partial charge in [0.2, 0.25) is 5.91 Å². The molecular weight excluding hydrogens is 394 g/mol. The quantitative estimate of drug-likeness (QED) is 0.800. The summed E-state index contributed by atoms with van der Waals surface area (Å²) in [6.07, 6.45) is -0.852. The molecule has 31 heavy (non-hydrogen) atoms. The standard InChI is InChI=1S/C24H29N3O4/c1-24(2)30-19-15-27(23(29)17-11-8-12-18(13-17)26(3)4)20(21(19)31-24)22(28)25-14-16-9-6-5-7-10-16/h5-13,19-21H,14-15H2,1-4H3,(H,25,28)/t19-,20-,21-/m0/s1. The van der Waals surface area contributed by atoms with Crippen LogP contribution in [0.4, 0.5) is 5.69 Å². The Morgan fingerprint density at radius 1 is 1.10 bits per heavy atom. The number of carbonyl (C=O) groups is 2. The van der Waals surface area contributed by atoms with Crippen LogP contribution >= 0.6 is 0 Å². The fourth-order valence-corrected chi connectivity index (χ4v) is 4.23. The Hall–Kier alpha value is -2.90. The average molecular weight is 424 g/mol. The maximum Gasteiger partial charge on any atom is 0.254 e. The lowest BCUT2D eigenvalue weighted by Crippen LogP contribution is -2.51. The molecule has 2 aliphatic heterocycles. The Labute approximate surface area is 182 Å². The van der Waals surface area contributed by atoms with E-state index in [1.165, 1.54) is 0 Å². The Balaban J connectivity index is 1.57. The van der Waals surface area contributed by atoms with Crippen molar-refractivity contribution in [3.05, 3.63) is 65.7 Å². The first-order chi connectivity index (χ1) is 14.7. The van der Waals surface area contributed by atoms with Crippen LogP contribution in [0.1, 0.15) is 29.8 Å². The number of ether oxygens (including phenoxy) is 2. The molecule has 1 N–H and O–H groups in total. The Bertz CT molecular complexity index is 960. The smallest absolute Gasteiger partial charge is 0.254 e. The maximum absolute atomic E-state index is 13.4. The summed E-state index contributed by atoms with van der Waals surface area (Å²) >= 11 is 0. The molecule has 2 aromatic rings. The van der Waals surface area contributed by atoms with Gasteiger partial charge in [0.05, 0.1) is 6.54 Å². The lowest BCUT2D eigenvalue weighted by molar-refractivity contribution is -0.162. The van der Waals surface area contributed by atoms with Crippen molar-refractivity contribution in [1.82, 2.24) is 10.2 Å². The number of fused-ring (bicyclic) bond motifs is 1. The second-order valence-electron chi connectivity index (χ2n) is 8.69. The zero-order chi connectivity index (χ0) is 22.2. The number of likely N-dealkylation sites (tertiary alicyclic amines) is 1. The highest BCUT2D eigenvalue weighted by atomic mass is 16.8. The molecule has 0 radical (unpaired) electrons. The zero-order valence-electron chi connectivity index (χ0n) is 18.4. The molecule has 0 bridgehead atoms. The molecular formula is C24H29N3O4. The van der Waals surface area contributed by atoms with Crippen molar-refractivity contribution in [2.24, 2.45) is 0 Å². The molecule has 3 atom stereocenters. The predicted octanol–water partition coefficient (Wildman–Crippen LogP) is 2.41. The molecule has 2 fully saturated rings. The van der Waals surface area contributed by atoms with Crippen LogP contribution in [-0.4, -0.2) is 61.4 Å². The van der Waals surface area contributed by atoms with Gasteiger partial charge in [-0.15, -0.1) is 0 Å². The number of hydrogen-bond acceptors (Lipinski definition) is 5. The molecule has 2 aromatic carbocycles. The summed E-state index contributed by atoms with van der Waals surface area (Å²) in [6.45, 7) is 4.35. The number of carbonyl (C=O) groups excluding carboxylic acids is 2. The minimum Gasteiger partial charge on any atom is -0.378 e. The largest absolute Gasteiger partial charge is 0.378 e. The van der Waals surface area contributed by atoms with Crippen molar-refractivity contribution >= 4 is 17.5 Å². The van der Waals surface area contributed by atoms with Crippen LogP contribution in [0, 0.1) is 0 Å². The first-order valence-corrected chi connectivity index (χ1v) is 10.5. The minimum absolute atomic E-state index is 0.206. The molecule has 7 nitrogen and oxygen atoms in total. The van der Waals surface area contributed by atoms with Crippen molar-refractivity contribution in [2.45, 2.75) is 44.4 Å². The van der Waals surface area contributed by atoms with Gasteiger partial charge in [-0.2, -0.15) is 0 Å². The van der Waals surface area contributed by atoms with Gasteiger partial charge in [-0.05, 0) is 37.6 Å². The summed E-state index contributed by atoms with van der Waals surface area (Å²) in [6, 6.07) is 16.3. The molecule has 2 amide bonds. The summed E-state index contributed by atoms with van der Waals surface area (Å²) < 4.78 is 12.0. The van der Waals surface area contributed by atoms with Gasteiger partial charge in [0, 0.05) is 31.9 Å². The number of nitrogens with zero attached hydrogens (tertiary/aromatic N) is 2. The summed E-state index contributed by atoms with van der Waals surface area (Å²) in [4.78, 5) is 30.2. The SMILES string of the molecule is CN(C)c1cccc(C(=O)N2C[C@@H]3OC(C)(C)O[C@@H]3[C@H]2C(=O)NCc2ccccc2)c1. The molecule has 2 aliphatic rings. The van der Waals surface area contributed by atoms with E-state index in [2.05, 4.69) is 5.32 Å². The van der Waals surface area contributed by atoms with Gasteiger partial charge in [-0.3, -0.25) is 9.59 Å². The zero-order valence-corrected chi connectivity index (χ0v) is 18.4. The molecule has 0 unspecified atom stereocenters. The predicted molar refractivity (Wildman–Crippen MR) is 118 cm³/mol. The lowest BCUT2D eigenvalue weighted by Gasteiger charge is -2.29. The summed E-state index contributed by atoms with van der Waals surface area (Å²) in [5.74, 6) is -1.23. The summed E-state index contributed by atoms with van der Waals surface area (Å²) in [5.41, 5.74) is 2.45. The minimum atomic E-state index is -0.784. The first-order valence-electron chi connectivity index (χ1n) is 10.5. The molecule has 0 saturated carbocycles. The number of benzene rings is 2. The fraction of sp³-hybridized carbons (Fsp3) is 0.417. The summed E-state index contributed by atoms with van der Waals surface area (Å²) in [5, 5.41) is 2.97. The van der Waals surface area contributed by atoms with Crippen LogP contribution in [0.5, 0.6) is 0 Å². The van der Waals surface area contributed by atoms with E-state index in [9.17, 15) is 9.59 Å². The van der Waals surface area contributed by atoms with Crippen molar-refractivity contribution in [3.63, 3.8) is 0 Å². The van der Waals surface area contributed by atoms with E-state index in [-0.39, 0.29) is 17.9 Å².